The molecule has 1 heterocycles. The Labute approximate surface area is 84.3 Å². The molecule has 80 valence electrons. The Morgan fingerprint density at radius 1 is 1.27 bits per heavy atom. The third-order valence-electron chi connectivity index (χ3n) is 2.18. The number of aromatic nitrogens is 2. The maximum absolute atomic E-state index is 12.3. The number of fused-ring (bicyclic) bond motifs is 1. The second-order valence-corrected chi connectivity index (χ2v) is 3.35. The highest BCUT2D eigenvalue weighted by Gasteiger charge is 2.29. The number of hydrogen-bond acceptors (Lipinski definition) is 1. The zero-order valence-electron chi connectivity index (χ0n) is 8.04. The lowest BCUT2D eigenvalue weighted by atomic mass is 10.3. The van der Waals surface area contributed by atoms with Gasteiger partial charge in [-0.2, -0.15) is 13.2 Å². The molecule has 0 amide bonds. The average Bonchev–Trinajstić information content (AvgIpc) is 2.41. The van der Waals surface area contributed by atoms with Gasteiger partial charge in [0.15, 0.2) is 0 Å². The molecule has 0 bridgehead atoms. The zero-order chi connectivity index (χ0) is 11.1. The summed E-state index contributed by atoms with van der Waals surface area (Å²) in [6.45, 7) is 0.588. The maximum Gasteiger partial charge on any atom is 0.406 e. The second-order valence-electron chi connectivity index (χ2n) is 3.35. The smallest absolute Gasteiger partial charge is 0.319 e. The minimum Gasteiger partial charge on any atom is -0.319 e. The fourth-order valence-corrected chi connectivity index (χ4v) is 1.57. The minimum atomic E-state index is -4.21. The number of benzene rings is 1. The van der Waals surface area contributed by atoms with Crippen LogP contribution in [0, 0.1) is 6.92 Å². The van der Waals surface area contributed by atoms with E-state index in [1.807, 2.05) is 0 Å². The van der Waals surface area contributed by atoms with E-state index >= 15 is 0 Å². The number of halogens is 3. The molecule has 0 N–H and O–H groups in total. The summed E-state index contributed by atoms with van der Waals surface area (Å²) in [5, 5.41) is 0. The van der Waals surface area contributed by atoms with E-state index < -0.39 is 12.7 Å². The summed E-state index contributed by atoms with van der Waals surface area (Å²) in [5.41, 5.74) is 1.12. The first kappa shape index (κ1) is 10.0. The fraction of sp³-hybridized carbons (Fsp3) is 0.300. The summed E-state index contributed by atoms with van der Waals surface area (Å²) in [6.07, 6.45) is -4.21. The van der Waals surface area contributed by atoms with Gasteiger partial charge in [0.25, 0.3) is 0 Å². The van der Waals surface area contributed by atoms with Crippen molar-refractivity contribution >= 4 is 11.0 Å². The molecule has 0 spiro atoms. The maximum atomic E-state index is 12.3. The lowest BCUT2D eigenvalue weighted by Crippen LogP contribution is -2.18. The predicted octanol–water partition coefficient (Wildman–Crippen LogP) is 2.91. The largest absolute Gasteiger partial charge is 0.406 e. The number of alkyl halides is 3. The van der Waals surface area contributed by atoms with Crippen molar-refractivity contribution in [3.05, 3.63) is 30.1 Å². The number of aryl methyl sites for hydroxylation is 1. The SMILES string of the molecule is Cc1nc2ccccc2n1CC(F)(F)F. The van der Waals surface area contributed by atoms with Crippen LogP contribution < -0.4 is 0 Å². The van der Waals surface area contributed by atoms with Crippen LogP contribution in [0.15, 0.2) is 24.3 Å². The van der Waals surface area contributed by atoms with Crippen LogP contribution in [0.4, 0.5) is 13.2 Å². The zero-order valence-corrected chi connectivity index (χ0v) is 8.04. The van der Waals surface area contributed by atoms with Gasteiger partial charge in [0.1, 0.15) is 12.4 Å². The van der Waals surface area contributed by atoms with Gasteiger partial charge >= 0.3 is 6.18 Å². The summed E-state index contributed by atoms with van der Waals surface area (Å²) in [5.74, 6) is 0.383. The molecule has 2 nitrogen and oxygen atoms in total. The first-order chi connectivity index (χ1) is 6.97. The van der Waals surface area contributed by atoms with Crippen LogP contribution in [0.5, 0.6) is 0 Å². The van der Waals surface area contributed by atoms with Crippen LogP contribution in [0.3, 0.4) is 0 Å². The van der Waals surface area contributed by atoms with Gasteiger partial charge in [0.05, 0.1) is 11.0 Å². The molecule has 0 saturated heterocycles. The predicted molar refractivity (Wildman–Crippen MR) is 50.5 cm³/mol. The number of para-hydroxylation sites is 2. The molecular weight excluding hydrogens is 205 g/mol. The van der Waals surface area contributed by atoms with Gasteiger partial charge < -0.3 is 4.57 Å². The van der Waals surface area contributed by atoms with Crippen molar-refractivity contribution in [3.8, 4) is 0 Å². The molecule has 0 saturated carbocycles. The van der Waals surface area contributed by atoms with Gasteiger partial charge in [-0.15, -0.1) is 0 Å². The fourth-order valence-electron chi connectivity index (χ4n) is 1.57. The highest BCUT2D eigenvalue weighted by atomic mass is 19.4. The molecule has 0 aliphatic heterocycles. The normalized spacial score (nSPS) is 12.3. The third kappa shape index (κ3) is 1.95. The van der Waals surface area contributed by atoms with Crippen LogP contribution in [0.2, 0.25) is 0 Å². The highest BCUT2D eigenvalue weighted by molar-refractivity contribution is 5.75. The molecule has 0 aliphatic carbocycles. The average molecular weight is 214 g/mol. The van der Waals surface area contributed by atoms with Crippen LogP contribution in [0.1, 0.15) is 5.82 Å². The number of imidazole rings is 1. The van der Waals surface area contributed by atoms with Crippen molar-refractivity contribution in [2.24, 2.45) is 0 Å². The van der Waals surface area contributed by atoms with Crippen molar-refractivity contribution in [1.29, 1.82) is 0 Å². The number of nitrogens with zero attached hydrogens (tertiary/aromatic N) is 2. The molecule has 0 aliphatic rings. The molecule has 2 rings (SSSR count). The van der Waals surface area contributed by atoms with E-state index in [2.05, 4.69) is 4.98 Å². The lowest BCUT2D eigenvalue weighted by molar-refractivity contribution is -0.140. The number of rotatable bonds is 1. The Kier molecular flexibility index (Phi) is 2.17. The lowest BCUT2D eigenvalue weighted by Gasteiger charge is -2.09. The molecule has 0 atom stereocenters. The topological polar surface area (TPSA) is 17.8 Å². The third-order valence-corrected chi connectivity index (χ3v) is 2.18. The van der Waals surface area contributed by atoms with Crippen molar-refractivity contribution in [2.75, 3.05) is 0 Å². The number of hydrogen-bond donors (Lipinski definition) is 0. The van der Waals surface area contributed by atoms with Crippen molar-refractivity contribution in [2.45, 2.75) is 19.6 Å². The Balaban J connectivity index is 2.54. The van der Waals surface area contributed by atoms with Gasteiger partial charge in [-0.1, -0.05) is 12.1 Å². The Hall–Kier alpha value is -1.52. The van der Waals surface area contributed by atoms with E-state index in [4.69, 9.17) is 0 Å². The van der Waals surface area contributed by atoms with E-state index in [0.717, 1.165) is 0 Å². The molecule has 5 heteroatoms. The van der Waals surface area contributed by atoms with Gasteiger partial charge in [0, 0.05) is 0 Å². The van der Waals surface area contributed by atoms with Gasteiger partial charge in [-0.3, -0.25) is 0 Å². The first-order valence-corrected chi connectivity index (χ1v) is 4.46. The molecule has 2 aromatic rings. The van der Waals surface area contributed by atoms with E-state index in [1.165, 1.54) is 4.57 Å². The van der Waals surface area contributed by atoms with E-state index in [1.54, 1.807) is 31.2 Å². The molecule has 1 aromatic heterocycles. The quantitative estimate of drug-likeness (QED) is 0.713. The summed E-state index contributed by atoms with van der Waals surface area (Å²) in [4.78, 5) is 4.06. The van der Waals surface area contributed by atoms with E-state index in [0.29, 0.717) is 16.9 Å². The minimum absolute atomic E-state index is 0.383. The Morgan fingerprint density at radius 3 is 2.60 bits per heavy atom. The molecule has 15 heavy (non-hydrogen) atoms. The van der Waals surface area contributed by atoms with Gasteiger partial charge in [-0.25, -0.2) is 4.98 Å². The van der Waals surface area contributed by atoms with Crippen LogP contribution >= 0.6 is 0 Å². The van der Waals surface area contributed by atoms with Crippen LogP contribution in [-0.4, -0.2) is 15.7 Å². The summed E-state index contributed by atoms with van der Waals surface area (Å²) in [6, 6.07) is 6.80. The molecular formula is C10H9F3N2. The van der Waals surface area contributed by atoms with Gasteiger partial charge in [0.2, 0.25) is 0 Å². The van der Waals surface area contributed by atoms with Crippen molar-refractivity contribution < 1.29 is 13.2 Å². The second kappa shape index (κ2) is 3.25. The van der Waals surface area contributed by atoms with E-state index in [-0.39, 0.29) is 0 Å². The summed E-state index contributed by atoms with van der Waals surface area (Å²) < 4.78 is 38.0. The standard InChI is InChI=1S/C10H9F3N2/c1-7-14-8-4-2-3-5-9(8)15(7)6-10(11,12)13/h2-5H,6H2,1H3. The monoisotopic (exact) mass is 214 g/mol. The van der Waals surface area contributed by atoms with Crippen molar-refractivity contribution in [3.63, 3.8) is 0 Å². The molecule has 0 radical (unpaired) electrons. The Bertz CT molecular complexity index is 485. The molecule has 1 aromatic carbocycles. The molecule has 0 unspecified atom stereocenters. The Morgan fingerprint density at radius 2 is 1.93 bits per heavy atom. The van der Waals surface area contributed by atoms with Crippen molar-refractivity contribution in [1.82, 2.24) is 9.55 Å². The van der Waals surface area contributed by atoms with E-state index in [9.17, 15) is 13.2 Å². The summed E-state index contributed by atoms with van der Waals surface area (Å²) >= 11 is 0. The van der Waals surface area contributed by atoms with Crippen LogP contribution in [-0.2, 0) is 6.54 Å². The first-order valence-electron chi connectivity index (χ1n) is 4.46. The highest BCUT2D eigenvalue weighted by Crippen LogP contribution is 2.22. The van der Waals surface area contributed by atoms with Gasteiger partial charge in [-0.05, 0) is 19.1 Å². The van der Waals surface area contributed by atoms with Crippen LogP contribution in [0.25, 0.3) is 11.0 Å². The molecule has 0 fully saturated rings. The summed E-state index contributed by atoms with van der Waals surface area (Å²) in [7, 11) is 0.